The first kappa shape index (κ1) is 16.2. The molecule has 0 radical (unpaired) electrons. The fourth-order valence-electron chi connectivity index (χ4n) is 0.361. The average molecular weight is 221 g/mol. The van der Waals surface area contributed by atoms with Gasteiger partial charge in [0.2, 0.25) is 0 Å². The molecule has 15 heavy (non-hydrogen) atoms. The Morgan fingerprint density at radius 1 is 1.33 bits per heavy atom. The number of carbonyl (C=O) groups is 1. The minimum Gasteiger partial charge on any atom is -0.443 e. The van der Waals surface area contributed by atoms with Gasteiger partial charge in [-0.2, -0.15) is 8.78 Å². The number of halogens is 2. The van der Waals surface area contributed by atoms with E-state index in [4.69, 9.17) is 4.74 Å². The molecule has 0 fully saturated rings. The lowest BCUT2D eigenvalue weighted by Gasteiger charge is -2.19. The van der Waals surface area contributed by atoms with Gasteiger partial charge in [-0.05, 0) is 34.5 Å². The molecule has 5 heteroatoms. The monoisotopic (exact) mass is 221 g/mol. The van der Waals surface area contributed by atoms with Crippen LogP contribution in [-0.4, -0.2) is 31.2 Å². The molecule has 0 saturated carbocycles. The molecule has 88 valence electrons. The van der Waals surface area contributed by atoms with Crippen LogP contribution in [0.15, 0.2) is 24.8 Å². The molecule has 0 rings (SSSR count). The van der Waals surface area contributed by atoms with Crippen LogP contribution in [-0.2, 0) is 9.53 Å². The summed E-state index contributed by atoms with van der Waals surface area (Å²) in [5.74, 6) is -0.341. The maximum atomic E-state index is 10.9. The zero-order valence-electron chi connectivity index (χ0n) is 9.51. The fourth-order valence-corrected chi connectivity index (χ4v) is 0.361. The number of rotatable bonds is 3. The molecule has 0 aliphatic carbocycles. The third-order valence-corrected chi connectivity index (χ3v) is 1.35. The van der Waals surface area contributed by atoms with E-state index in [1.54, 1.807) is 18.7 Å². The summed E-state index contributed by atoms with van der Waals surface area (Å²) >= 11 is 0. The molecule has 1 atom stereocenters. The van der Waals surface area contributed by atoms with Gasteiger partial charge in [0.1, 0.15) is 0 Å². The van der Waals surface area contributed by atoms with Gasteiger partial charge in [-0.1, -0.05) is 6.58 Å². The normalized spacial score (nSPS) is 11.1. The van der Waals surface area contributed by atoms with Crippen LogP contribution in [0, 0.1) is 0 Å². The van der Waals surface area contributed by atoms with Crippen molar-refractivity contribution in [1.82, 2.24) is 4.90 Å². The Morgan fingerprint density at radius 3 is 1.87 bits per heavy atom. The third-order valence-electron chi connectivity index (χ3n) is 1.35. The molecule has 0 spiro atoms. The van der Waals surface area contributed by atoms with E-state index < -0.39 is 6.08 Å². The van der Waals surface area contributed by atoms with Crippen molar-refractivity contribution in [1.29, 1.82) is 0 Å². The molecule has 0 aromatic heterocycles. The van der Waals surface area contributed by atoms with Gasteiger partial charge < -0.3 is 4.74 Å². The first-order valence-corrected chi connectivity index (χ1v) is 4.21. The molecule has 1 unspecified atom stereocenters. The van der Waals surface area contributed by atoms with Crippen LogP contribution in [0.2, 0.25) is 0 Å². The standard InChI is InChI=1S/C8H15NO2.C2H2F2/c1-6(2)8(10)11-7(3)9(4)5;1-2(3)4/h7H,1H2,2-5H3;1H2. The molecule has 0 heterocycles. The van der Waals surface area contributed by atoms with Crippen molar-refractivity contribution < 1.29 is 18.3 Å². The molecular weight excluding hydrogens is 204 g/mol. The summed E-state index contributed by atoms with van der Waals surface area (Å²) in [5, 5.41) is 0. The third kappa shape index (κ3) is 12.8. The van der Waals surface area contributed by atoms with E-state index in [2.05, 4.69) is 13.2 Å². The first-order chi connectivity index (χ1) is 6.68. The predicted octanol–water partition coefficient (Wildman–Crippen LogP) is 2.41. The lowest BCUT2D eigenvalue weighted by atomic mass is 10.4. The van der Waals surface area contributed by atoms with Crippen molar-refractivity contribution in [2.75, 3.05) is 14.1 Å². The number of hydrogen-bond acceptors (Lipinski definition) is 3. The van der Waals surface area contributed by atoms with Crippen LogP contribution in [0.1, 0.15) is 13.8 Å². The topological polar surface area (TPSA) is 29.5 Å². The fraction of sp³-hybridized carbons (Fsp3) is 0.500. The highest BCUT2D eigenvalue weighted by Crippen LogP contribution is 1.99. The molecule has 0 amide bonds. The Morgan fingerprint density at radius 2 is 1.67 bits per heavy atom. The molecule has 0 aromatic rings. The second-order valence-electron chi connectivity index (χ2n) is 3.09. The number of nitrogens with zero attached hydrogens (tertiary/aromatic N) is 1. The van der Waals surface area contributed by atoms with E-state index in [1.807, 2.05) is 14.1 Å². The van der Waals surface area contributed by atoms with Crippen LogP contribution in [0.4, 0.5) is 8.78 Å². The predicted molar refractivity (Wildman–Crippen MR) is 55.4 cm³/mol. The molecule has 0 aliphatic heterocycles. The van der Waals surface area contributed by atoms with Crippen LogP contribution in [0.25, 0.3) is 0 Å². The Labute approximate surface area is 89.0 Å². The number of ether oxygens (including phenoxy) is 1. The van der Waals surface area contributed by atoms with Crippen molar-refractivity contribution in [3.05, 3.63) is 24.8 Å². The molecule has 0 aliphatic rings. The maximum Gasteiger partial charge on any atom is 0.334 e. The summed E-state index contributed by atoms with van der Waals surface area (Å²) < 4.78 is 25.2. The Balaban J connectivity index is 0. The van der Waals surface area contributed by atoms with Crippen LogP contribution in [0.3, 0.4) is 0 Å². The van der Waals surface area contributed by atoms with Crippen molar-refractivity contribution in [2.24, 2.45) is 0 Å². The van der Waals surface area contributed by atoms with E-state index in [0.717, 1.165) is 0 Å². The second-order valence-corrected chi connectivity index (χ2v) is 3.09. The molecule has 0 saturated heterocycles. The van der Waals surface area contributed by atoms with Gasteiger partial charge in [0, 0.05) is 5.57 Å². The minimum absolute atomic E-state index is 0.195. The highest BCUT2D eigenvalue weighted by atomic mass is 19.3. The van der Waals surface area contributed by atoms with Crippen LogP contribution in [0.5, 0.6) is 0 Å². The zero-order chi connectivity index (χ0) is 12.6. The SMILES string of the molecule is C=C(C)C(=O)OC(C)N(C)C.C=C(F)F. The summed E-state index contributed by atoms with van der Waals surface area (Å²) in [4.78, 5) is 12.7. The number of carbonyl (C=O) groups excluding carboxylic acids is 1. The summed E-state index contributed by atoms with van der Waals surface area (Å²) in [5.41, 5.74) is 0.429. The highest BCUT2D eigenvalue weighted by Gasteiger charge is 2.10. The summed E-state index contributed by atoms with van der Waals surface area (Å²) in [7, 11) is 3.69. The van der Waals surface area contributed by atoms with Crippen molar-refractivity contribution >= 4 is 5.97 Å². The lowest BCUT2D eigenvalue weighted by Crippen LogP contribution is -2.30. The number of esters is 1. The quantitative estimate of drug-likeness (QED) is 0.416. The lowest BCUT2D eigenvalue weighted by molar-refractivity contribution is -0.150. The van der Waals surface area contributed by atoms with Gasteiger partial charge in [0.05, 0.1) is 0 Å². The molecule has 0 bridgehead atoms. The second kappa shape index (κ2) is 8.11. The molecule has 0 N–H and O–H groups in total. The molecular formula is C10H17F2NO2. The van der Waals surface area contributed by atoms with Crippen molar-refractivity contribution in [3.63, 3.8) is 0 Å². The Kier molecular flexibility index (Phi) is 8.76. The van der Waals surface area contributed by atoms with Gasteiger partial charge >= 0.3 is 5.97 Å². The Bertz CT molecular complexity index is 236. The van der Waals surface area contributed by atoms with Crippen molar-refractivity contribution in [2.45, 2.75) is 20.1 Å². The number of hydrogen-bond donors (Lipinski definition) is 0. The first-order valence-electron chi connectivity index (χ1n) is 4.21. The smallest absolute Gasteiger partial charge is 0.334 e. The van der Waals surface area contributed by atoms with E-state index in [-0.39, 0.29) is 12.2 Å². The van der Waals surface area contributed by atoms with Gasteiger partial charge in [0.25, 0.3) is 6.08 Å². The van der Waals surface area contributed by atoms with E-state index in [1.165, 1.54) is 0 Å². The highest BCUT2D eigenvalue weighted by molar-refractivity contribution is 5.87. The Hall–Kier alpha value is -1.23. The van der Waals surface area contributed by atoms with Gasteiger partial charge in [-0.25, -0.2) is 4.79 Å². The van der Waals surface area contributed by atoms with Crippen LogP contribution >= 0.6 is 0 Å². The van der Waals surface area contributed by atoms with Crippen LogP contribution < -0.4 is 0 Å². The average Bonchev–Trinajstić information content (AvgIpc) is 2.02. The van der Waals surface area contributed by atoms with E-state index in [0.29, 0.717) is 5.57 Å². The van der Waals surface area contributed by atoms with E-state index in [9.17, 15) is 13.6 Å². The molecule has 3 nitrogen and oxygen atoms in total. The zero-order valence-corrected chi connectivity index (χ0v) is 9.51. The van der Waals surface area contributed by atoms with Gasteiger partial charge in [-0.15, -0.1) is 0 Å². The molecule has 0 aromatic carbocycles. The maximum absolute atomic E-state index is 10.9. The van der Waals surface area contributed by atoms with Gasteiger partial charge in [-0.3, -0.25) is 4.90 Å². The van der Waals surface area contributed by atoms with Gasteiger partial charge in [0.15, 0.2) is 6.23 Å². The largest absolute Gasteiger partial charge is 0.443 e. The minimum atomic E-state index is -1.83. The summed E-state index contributed by atoms with van der Waals surface area (Å²) in [6.07, 6.45) is -2.03. The van der Waals surface area contributed by atoms with Crippen molar-refractivity contribution in [3.8, 4) is 0 Å². The summed E-state index contributed by atoms with van der Waals surface area (Å²) in [6, 6.07) is 0. The summed E-state index contributed by atoms with van der Waals surface area (Å²) in [6.45, 7) is 9.13. The van der Waals surface area contributed by atoms with E-state index >= 15 is 0 Å².